The van der Waals surface area contributed by atoms with E-state index in [0.29, 0.717) is 12.6 Å². The molecule has 4 nitrogen and oxygen atoms in total. The summed E-state index contributed by atoms with van der Waals surface area (Å²) in [7, 11) is 0. The Hall–Kier alpha value is -1.39. The maximum atomic E-state index is 13.0. The van der Waals surface area contributed by atoms with E-state index < -0.39 is 0 Å². The fourth-order valence-electron chi connectivity index (χ4n) is 4.46. The van der Waals surface area contributed by atoms with Crippen molar-refractivity contribution in [3.63, 3.8) is 0 Å². The maximum Gasteiger partial charge on any atom is 0.237 e. The summed E-state index contributed by atoms with van der Waals surface area (Å²) in [5.74, 6) is 0.217. The molecule has 0 spiro atoms. The third kappa shape index (κ3) is 3.50. The minimum Gasteiger partial charge on any atom is -0.394 e. The highest BCUT2D eigenvalue weighted by atomic mass is 16.3. The number of carbonyl (C=O) groups is 1. The molecule has 1 atom stereocenters. The summed E-state index contributed by atoms with van der Waals surface area (Å²) >= 11 is 0. The summed E-state index contributed by atoms with van der Waals surface area (Å²) in [5.41, 5.74) is 2.48. The number of hydrogen-bond acceptors (Lipinski definition) is 3. The number of carbonyl (C=O) groups excluding carboxylic acids is 1. The summed E-state index contributed by atoms with van der Waals surface area (Å²) < 4.78 is 0. The third-order valence-electron chi connectivity index (χ3n) is 5.60. The zero-order valence-corrected chi connectivity index (χ0v) is 14.9. The molecule has 1 aliphatic heterocycles. The molecule has 132 valence electrons. The first-order valence-corrected chi connectivity index (χ1v) is 9.35. The van der Waals surface area contributed by atoms with E-state index >= 15 is 0 Å². The number of hydrogen-bond donors (Lipinski definition) is 1. The van der Waals surface area contributed by atoms with Gasteiger partial charge in [-0.3, -0.25) is 9.69 Å². The van der Waals surface area contributed by atoms with E-state index in [-0.39, 0.29) is 24.6 Å². The zero-order chi connectivity index (χ0) is 17.1. The van der Waals surface area contributed by atoms with Crippen molar-refractivity contribution in [1.29, 1.82) is 0 Å². The van der Waals surface area contributed by atoms with Gasteiger partial charge in [-0.2, -0.15) is 0 Å². The van der Waals surface area contributed by atoms with Crippen LogP contribution in [0.2, 0.25) is 0 Å². The van der Waals surface area contributed by atoms with Gasteiger partial charge in [-0.15, -0.1) is 0 Å². The zero-order valence-electron chi connectivity index (χ0n) is 14.9. The van der Waals surface area contributed by atoms with Gasteiger partial charge in [0, 0.05) is 18.6 Å². The fraction of sp³-hybridized carbons (Fsp3) is 0.650. The standard InChI is InChI=1S/C20H30N2O2/c1-15(2)22(17-8-4-5-9-17)20(24)13-21-12-11-16-7-3-6-10-18(16)19(21)14-23/h3,6-7,10,15,17,19,23H,4-5,8-9,11-14H2,1-2H3. The van der Waals surface area contributed by atoms with Crippen molar-refractivity contribution < 1.29 is 9.90 Å². The van der Waals surface area contributed by atoms with Crippen molar-refractivity contribution in [2.75, 3.05) is 19.7 Å². The van der Waals surface area contributed by atoms with Gasteiger partial charge in [-0.25, -0.2) is 0 Å². The average Bonchev–Trinajstić information content (AvgIpc) is 3.08. The smallest absolute Gasteiger partial charge is 0.237 e. The Morgan fingerprint density at radius 2 is 2.00 bits per heavy atom. The van der Waals surface area contributed by atoms with Gasteiger partial charge in [0.05, 0.1) is 19.2 Å². The topological polar surface area (TPSA) is 43.8 Å². The van der Waals surface area contributed by atoms with E-state index in [0.717, 1.165) is 25.8 Å². The highest BCUT2D eigenvalue weighted by molar-refractivity contribution is 5.79. The highest BCUT2D eigenvalue weighted by Crippen LogP contribution is 2.30. The van der Waals surface area contributed by atoms with Gasteiger partial charge >= 0.3 is 0 Å². The first kappa shape index (κ1) is 17.4. The van der Waals surface area contributed by atoms with Crippen LogP contribution in [0.5, 0.6) is 0 Å². The molecule has 1 aromatic rings. The molecular formula is C20H30N2O2. The average molecular weight is 330 g/mol. The van der Waals surface area contributed by atoms with E-state index in [4.69, 9.17) is 0 Å². The maximum absolute atomic E-state index is 13.0. The molecule has 1 fully saturated rings. The van der Waals surface area contributed by atoms with Crippen LogP contribution in [0.1, 0.15) is 56.7 Å². The Morgan fingerprint density at radius 3 is 2.67 bits per heavy atom. The molecule has 1 aromatic carbocycles. The van der Waals surface area contributed by atoms with Gasteiger partial charge in [0.1, 0.15) is 0 Å². The first-order chi connectivity index (χ1) is 11.6. The molecule has 0 bridgehead atoms. The van der Waals surface area contributed by atoms with E-state index in [2.05, 4.69) is 41.8 Å². The SMILES string of the molecule is CC(C)N(C(=O)CN1CCc2ccccc2C1CO)C1CCCC1. The lowest BCUT2D eigenvalue weighted by atomic mass is 9.93. The number of aliphatic hydroxyl groups excluding tert-OH is 1. The molecule has 1 saturated carbocycles. The molecule has 0 aromatic heterocycles. The quantitative estimate of drug-likeness (QED) is 0.903. The Kier molecular flexibility index (Phi) is 5.57. The van der Waals surface area contributed by atoms with Gasteiger partial charge in [-0.1, -0.05) is 37.1 Å². The molecule has 2 aliphatic rings. The second-order valence-electron chi connectivity index (χ2n) is 7.45. The second kappa shape index (κ2) is 7.66. The number of aliphatic hydroxyl groups is 1. The molecule has 0 radical (unpaired) electrons. The van der Waals surface area contributed by atoms with Crippen molar-refractivity contribution in [3.05, 3.63) is 35.4 Å². The van der Waals surface area contributed by atoms with Crippen LogP contribution in [0.15, 0.2) is 24.3 Å². The molecule has 24 heavy (non-hydrogen) atoms. The third-order valence-corrected chi connectivity index (χ3v) is 5.60. The predicted molar refractivity (Wildman–Crippen MR) is 95.8 cm³/mol. The van der Waals surface area contributed by atoms with Gasteiger partial charge in [-0.05, 0) is 44.2 Å². The lowest BCUT2D eigenvalue weighted by molar-refractivity contribution is -0.137. The van der Waals surface area contributed by atoms with Crippen molar-refractivity contribution in [2.24, 2.45) is 0 Å². The minimum absolute atomic E-state index is 0.0588. The van der Waals surface area contributed by atoms with E-state index in [1.807, 2.05) is 6.07 Å². The minimum atomic E-state index is -0.0588. The molecule has 1 aliphatic carbocycles. The number of fused-ring (bicyclic) bond motifs is 1. The lowest BCUT2D eigenvalue weighted by Crippen LogP contribution is -2.50. The summed E-state index contributed by atoms with van der Waals surface area (Å²) in [6, 6.07) is 8.88. The van der Waals surface area contributed by atoms with Crippen LogP contribution in [0, 0.1) is 0 Å². The largest absolute Gasteiger partial charge is 0.394 e. The van der Waals surface area contributed by atoms with Crippen LogP contribution in [-0.4, -0.2) is 52.6 Å². The Balaban J connectivity index is 1.73. The highest BCUT2D eigenvalue weighted by Gasteiger charge is 2.33. The van der Waals surface area contributed by atoms with E-state index in [9.17, 15) is 9.90 Å². The monoisotopic (exact) mass is 330 g/mol. The molecule has 1 N–H and O–H groups in total. The van der Waals surface area contributed by atoms with Gasteiger partial charge < -0.3 is 10.0 Å². The summed E-state index contributed by atoms with van der Waals surface area (Å²) in [6.07, 6.45) is 5.69. The summed E-state index contributed by atoms with van der Waals surface area (Å²) in [4.78, 5) is 17.3. The normalized spacial score (nSPS) is 21.9. The van der Waals surface area contributed by atoms with Crippen LogP contribution in [0.3, 0.4) is 0 Å². The number of nitrogens with zero attached hydrogens (tertiary/aromatic N) is 2. The Morgan fingerprint density at radius 1 is 1.29 bits per heavy atom. The first-order valence-electron chi connectivity index (χ1n) is 9.35. The van der Waals surface area contributed by atoms with Crippen LogP contribution in [0.25, 0.3) is 0 Å². The molecule has 0 saturated heterocycles. The molecule has 1 heterocycles. The van der Waals surface area contributed by atoms with Gasteiger partial charge in [0.15, 0.2) is 0 Å². The summed E-state index contributed by atoms with van der Waals surface area (Å²) in [6.45, 7) is 5.55. The molecule has 1 unspecified atom stereocenters. The lowest BCUT2D eigenvalue weighted by Gasteiger charge is -2.39. The number of rotatable bonds is 5. The Bertz CT molecular complexity index is 567. The molecular weight excluding hydrogens is 300 g/mol. The van der Waals surface area contributed by atoms with Gasteiger partial charge in [0.25, 0.3) is 0 Å². The van der Waals surface area contributed by atoms with Crippen LogP contribution < -0.4 is 0 Å². The summed E-state index contributed by atoms with van der Waals surface area (Å²) in [5, 5.41) is 9.91. The van der Waals surface area contributed by atoms with E-state index in [1.54, 1.807) is 0 Å². The number of amides is 1. The van der Waals surface area contributed by atoms with E-state index in [1.165, 1.54) is 24.0 Å². The van der Waals surface area contributed by atoms with Crippen LogP contribution in [-0.2, 0) is 11.2 Å². The van der Waals surface area contributed by atoms with Crippen molar-refractivity contribution >= 4 is 5.91 Å². The fourth-order valence-corrected chi connectivity index (χ4v) is 4.46. The van der Waals surface area contributed by atoms with Gasteiger partial charge in [0.2, 0.25) is 5.91 Å². The van der Waals surface area contributed by atoms with Crippen LogP contribution >= 0.6 is 0 Å². The second-order valence-corrected chi connectivity index (χ2v) is 7.45. The molecule has 4 heteroatoms. The van der Waals surface area contributed by atoms with Crippen molar-refractivity contribution in [1.82, 2.24) is 9.80 Å². The number of benzene rings is 1. The Labute approximate surface area is 145 Å². The molecule has 3 rings (SSSR count). The van der Waals surface area contributed by atoms with Crippen molar-refractivity contribution in [2.45, 2.75) is 64.1 Å². The predicted octanol–water partition coefficient (Wildman–Crippen LogP) is 2.76. The van der Waals surface area contributed by atoms with Crippen LogP contribution in [0.4, 0.5) is 0 Å². The molecule has 1 amide bonds. The van der Waals surface area contributed by atoms with Crippen molar-refractivity contribution in [3.8, 4) is 0 Å².